The lowest BCUT2D eigenvalue weighted by Crippen LogP contribution is -2.30. The number of fused-ring (bicyclic) bond motifs is 5. The summed E-state index contributed by atoms with van der Waals surface area (Å²) in [5.74, 6) is 0. The zero-order valence-corrected chi connectivity index (χ0v) is 27.3. The van der Waals surface area contributed by atoms with E-state index < -0.39 is 0 Å². The van der Waals surface area contributed by atoms with Crippen molar-refractivity contribution in [1.29, 1.82) is 5.26 Å². The molecule has 1 aliphatic rings. The molecule has 4 heteroatoms. The van der Waals surface area contributed by atoms with Gasteiger partial charge >= 0.3 is 0 Å². The highest BCUT2D eigenvalue weighted by atomic mass is 15.2. The molecule has 49 heavy (non-hydrogen) atoms. The third-order valence-corrected chi connectivity index (χ3v) is 10.1. The van der Waals surface area contributed by atoms with E-state index in [4.69, 9.17) is 0 Å². The first-order chi connectivity index (χ1) is 24.0. The maximum atomic E-state index is 9.90. The summed E-state index contributed by atoms with van der Waals surface area (Å²) in [6, 6.07) is 53.9. The summed E-state index contributed by atoms with van der Waals surface area (Å²) in [6.07, 6.45) is 3.84. The number of hydrogen-bond donors (Lipinski definition) is 0. The highest BCUT2D eigenvalue weighted by Gasteiger charge is 2.36. The Bertz CT molecular complexity index is 2520. The molecule has 4 nitrogen and oxygen atoms in total. The Kier molecular flexibility index (Phi) is 6.50. The van der Waals surface area contributed by atoms with Crippen LogP contribution in [0, 0.1) is 11.3 Å². The van der Waals surface area contributed by atoms with Crippen molar-refractivity contribution >= 4 is 38.9 Å². The minimum absolute atomic E-state index is 0.160. The van der Waals surface area contributed by atoms with E-state index >= 15 is 0 Å². The van der Waals surface area contributed by atoms with Crippen molar-refractivity contribution in [1.82, 2.24) is 9.55 Å². The van der Waals surface area contributed by atoms with Crippen molar-refractivity contribution in [2.75, 3.05) is 4.90 Å². The van der Waals surface area contributed by atoms with Gasteiger partial charge in [-0.15, -0.1) is 0 Å². The van der Waals surface area contributed by atoms with Crippen LogP contribution >= 0.6 is 0 Å². The van der Waals surface area contributed by atoms with Crippen molar-refractivity contribution in [3.05, 3.63) is 175 Å². The van der Waals surface area contributed by atoms with Crippen molar-refractivity contribution < 1.29 is 0 Å². The van der Waals surface area contributed by atoms with Gasteiger partial charge in [0.05, 0.1) is 34.0 Å². The van der Waals surface area contributed by atoms with Crippen LogP contribution in [0.5, 0.6) is 0 Å². The molecule has 8 aromatic rings. The molecule has 6 aromatic carbocycles. The first-order valence-electron chi connectivity index (χ1n) is 16.6. The number of anilines is 3. The molecule has 0 unspecified atom stereocenters. The van der Waals surface area contributed by atoms with Crippen molar-refractivity contribution in [2.24, 2.45) is 0 Å². The van der Waals surface area contributed by atoms with E-state index in [1.165, 1.54) is 27.9 Å². The molecule has 3 heterocycles. The average Bonchev–Trinajstić information content (AvgIpc) is 3.49. The second-order valence-corrected chi connectivity index (χ2v) is 13.2. The number of nitrogens with zero attached hydrogens (tertiary/aromatic N) is 4. The van der Waals surface area contributed by atoms with Crippen LogP contribution in [0.1, 0.15) is 30.5 Å². The van der Waals surface area contributed by atoms with Gasteiger partial charge in [0, 0.05) is 40.0 Å². The summed E-state index contributed by atoms with van der Waals surface area (Å²) in [6.45, 7) is 4.64. The highest BCUT2D eigenvalue weighted by Crippen LogP contribution is 2.52. The summed E-state index contributed by atoms with van der Waals surface area (Å²) >= 11 is 0. The fourth-order valence-corrected chi connectivity index (χ4v) is 7.76. The van der Waals surface area contributed by atoms with E-state index in [1.807, 2.05) is 36.7 Å². The van der Waals surface area contributed by atoms with Gasteiger partial charge in [-0.1, -0.05) is 105 Å². The molecule has 0 amide bonds. The maximum Gasteiger partial charge on any atom is 0.0998 e. The average molecular weight is 629 g/mol. The molecule has 2 aromatic heterocycles. The van der Waals surface area contributed by atoms with E-state index in [-0.39, 0.29) is 5.41 Å². The first-order valence-corrected chi connectivity index (χ1v) is 16.6. The van der Waals surface area contributed by atoms with Crippen LogP contribution in [0.25, 0.3) is 49.7 Å². The third-order valence-electron chi connectivity index (χ3n) is 10.1. The van der Waals surface area contributed by atoms with E-state index in [2.05, 4.69) is 156 Å². The molecular formula is C45H32N4. The van der Waals surface area contributed by atoms with Crippen LogP contribution in [-0.2, 0) is 5.41 Å². The van der Waals surface area contributed by atoms with Gasteiger partial charge in [0.15, 0.2) is 0 Å². The van der Waals surface area contributed by atoms with Gasteiger partial charge < -0.3 is 9.47 Å². The zero-order valence-electron chi connectivity index (χ0n) is 27.3. The van der Waals surface area contributed by atoms with Crippen molar-refractivity contribution in [3.8, 4) is 34.0 Å². The minimum atomic E-state index is -0.160. The summed E-state index contributed by atoms with van der Waals surface area (Å²) in [5.41, 5.74) is 13.9. The van der Waals surface area contributed by atoms with Crippen LogP contribution in [-0.4, -0.2) is 9.55 Å². The predicted molar refractivity (Wildman–Crippen MR) is 201 cm³/mol. The van der Waals surface area contributed by atoms with Gasteiger partial charge in [-0.05, 0) is 88.0 Å². The molecule has 0 saturated heterocycles. The van der Waals surface area contributed by atoms with Crippen LogP contribution in [0.15, 0.2) is 158 Å². The zero-order chi connectivity index (χ0) is 33.1. The SMILES string of the molecule is CC1(C)c2ccccc2N(c2cc(-c3cccc(-c4ccccc4C#N)c3)cc(-n3c4ccccc4c4cnccc43)c2)c2ccccc21. The molecule has 0 atom stereocenters. The maximum absolute atomic E-state index is 9.90. The largest absolute Gasteiger partial charge is 0.310 e. The fraction of sp³-hybridized carbons (Fsp3) is 0.0667. The molecule has 232 valence electrons. The lowest BCUT2D eigenvalue weighted by atomic mass is 9.73. The van der Waals surface area contributed by atoms with Crippen molar-refractivity contribution in [2.45, 2.75) is 19.3 Å². The Balaban J connectivity index is 1.34. The predicted octanol–water partition coefficient (Wildman–Crippen LogP) is 11.5. The fourth-order valence-electron chi connectivity index (χ4n) is 7.76. The Morgan fingerprint density at radius 3 is 2.02 bits per heavy atom. The summed E-state index contributed by atoms with van der Waals surface area (Å²) < 4.78 is 2.36. The second-order valence-electron chi connectivity index (χ2n) is 13.2. The molecule has 0 aliphatic carbocycles. The van der Waals surface area contributed by atoms with Gasteiger partial charge in [-0.25, -0.2) is 0 Å². The number of benzene rings is 6. The summed E-state index contributed by atoms with van der Waals surface area (Å²) in [7, 11) is 0. The highest BCUT2D eigenvalue weighted by molar-refractivity contribution is 6.09. The standard InChI is InChI=1S/C45H32N4/c1-45(2)39-17-6-9-20-43(39)49(44-21-10-7-18-40(44)45)35-26-33(30-13-11-14-31(24-30)36-15-4-3-12-32(36)28-46)25-34(27-35)48-41-19-8-5-16-37(41)38-29-47-23-22-42(38)48/h3-27,29H,1-2H3. The van der Waals surface area contributed by atoms with E-state index in [0.29, 0.717) is 5.56 Å². The lowest BCUT2D eigenvalue weighted by molar-refractivity contribution is 0.632. The normalized spacial score (nSPS) is 13.2. The Hall–Kier alpha value is -6.44. The summed E-state index contributed by atoms with van der Waals surface area (Å²) in [5, 5.41) is 12.2. The van der Waals surface area contributed by atoms with Crippen molar-refractivity contribution in [3.63, 3.8) is 0 Å². The molecule has 0 saturated carbocycles. The molecular weight excluding hydrogens is 597 g/mol. The lowest BCUT2D eigenvalue weighted by Gasteiger charge is -2.42. The number of para-hydroxylation sites is 3. The number of hydrogen-bond acceptors (Lipinski definition) is 3. The monoisotopic (exact) mass is 628 g/mol. The van der Waals surface area contributed by atoms with E-state index in [0.717, 1.165) is 50.0 Å². The Morgan fingerprint density at radius 2 is 1.22 bits per heavy atom. The van der Waals surface area contributed by atoms with E-state index in [1.54, 1.807) is 0 Å². The number of rotatable bonds is 4. The Morgan fingerprint density at radius 1 is 0.571 bits per heavy atom. The minimum Gasteiger partial charge on any atom is -0.310 e. The van der Waals surface area contributed by atoms with Gasteiger partial charge in [-0.3, -0.25) is 4.98 Å². The van der Waals surface area contributed by atoms with Crippen LogP contribution in [0.2, 0.25) is 0 Å². The molecule has 0 fully saturated rings. The van der Waals surface area contributed by atoms with Gasteiger partial charge in [0.2, 0.25) is 0 Å². The molecule has 0 spiro atoms. The van der Waals surface area contributed by atoms with Gasteiger partial charge in [0.1, 0.15) is 0 Å². The summed E-state index contributed by atoms with van der Waals surface area (Å²) in [4.78, 5) is 6.92. The second kappa shape index (κ2) is 11.1. The molecule has 0 N–H and O–H groups in total. The Labute approximate surface area is 285 Å². The van der Waals surface area contributed by atoms with Gasteiger partial charge in [0.25, 0.3) is 0 Å². The molecule has 1 aliphatic heterocycles. The molecule has 0 bridgehead atoms. The smallest absolute Gasteiger partial charge is 0.0998 e. The number of pyridine rings is 1. The number of aromatic nitrogens is 2. The first kappa shape index (κ1) is 28.8. The van der Waals surface area contributed by atoms with Crippen LogP contribution < -0.4 is 4.90 Å². The van der Waals surface area contributed by atoms with Crippen LogP contribution in [0.4, 0.5) is 17.1 Å². The quantitative estimate of drug-likeness (QED) is 0.195. The van der Waals surface area contributed by atoms with E-state index in [9.17, 15) is 5.26 Å². The topological polar surface area (TPSA) is 44.9 Å². The molecule has 0 radical (unpaired) electrons. The van der Waals surface area contributed by atoms with Crippen LogP contribution in [0.3, 0.4) is 0 Å². The van der Waals surface area contributed by atoms with Gasteiger partial charge in [-0.2, -0.15) is 5.26 Å². The third kappa shape index (κ3) is 4.47. The molecule has 9 rings (SSSR count). The number of nitriles is 1.